The van der Waals surface area contributed by atoms with Gasteiger partial charge in [0.1, 0.15) is 23.6 Å². The number of alkyl halides is 1. The first kappa shape index (κ1) is 28.7. The van der Waals surface area contributed by atoms with Gasteiger partial charge in [0.15, 0.2) is 11.6 Å². The fourth-order valence-electron chi connectivity index (χ4n) is 5.56. The lowest BCUT2D eigenvalue weighted by Crippen LogP contribution is -2.41. The average molecular weight is 551 g/mol. The zero-order valence-corrected chi connectivity index (χ0v) is 21.7. The average Bonchev–Trinajstić information content (AvgIpc) is 2.90. The maximum atomic E-state index is 15.6. The van der Waals surface area contributed by atoms with Crippen LogP contribution in [0.25, 0.3) is 10.9 Å². The second-order valence-corrected chi connectivity index (χ2v) is 10.3. The molecule has 1 N–H and O–H groups in total. The van der Waals surface area contributed by atoms with Crippen LogP contribution < -0.4 is 4.74 Å². The van der Waals surface area contributed by atoms with Crippen LogP contribution >= 0.6 is 0 Å². The SMILES string of the molecule is COc1ccc2ncc(F)c([C@@H](F)CCC3(CC(=O)O)CCN(CCCc4cc(F)cc(F)c4F)CC3)c2c1. The number of nitrogens with zero attached hydrogens (tertiary/aromatic N) is 2. The van der Waals surface area contributed by atoms with E-state index >= 15 is 4.39 Å². The van der Waals surface area contributed by atoms with Crippen molar-refractivity contribution in [2.24, 2.45) is 5.41 Å². The van der Waals surface area contributed by atoms with Gasteiger partial charge in [-0.25, -0.2) is 22.0 Å². The van der Waals surface area contributed by atoms with Crippen molar-refractivity contribution in [3.8, 4) is 5.75 Å². The molecule has 3 aromatic rings. The van der Waals surface area contributed by atoms with Crippen molar-refractivity contribution >= 4 is 16.9 Å². The van der Waals surface area contributed by atoms with Gasteiger partial charge in [0.05, 0.1) is 25.2 Å². The van der Waals surface area contributed by atoms with Gasteiger partial charge in [-0.1, -0.05) is 0 Å². The number of carboxylic acids is 1. The first-order chi connectivity index (χ1) is 18.6. The summed E-state index contributed by atoms with van der Waals surface area (Å²) in [5, 5.41) is 9.89. The summed E-state index contributed by atoms with van der Waals surface area (Å²) in [6.45, 7) is 1.64. The van der Waals surface area contributed by atoms with E-state index in [1.165, 1.54) is 7.11 Å². The number of hydrogen-bond donors (Lipinski definition) is 1. The van der Waals surface area contributed by atoms with Crippen molar-refractivity contribution in [2.75, 3.05) is 26.7 Å². The largest absolute Gasteiger partial charge is 0.497 e. The number of aromatic nitrogens is 1. The molecule has 0 spiro atoms. The molecule has 0 bridgehead atoms. The van der Waals surface area contributed by atoms with E-state index in [0.717, 1.165) is 12.3 Å². The zero-order valence-electron chi connectivity index (χ0n) is 21.7. The van der Waals surface area contributed by atoms with E-state index < -0.39 is 40.8 Å². The number of halogens is 5. The number of carbonyl (C=O) groups is 1. The summed E-state index contributed by atoms with van der Waals surface area (Å²) in [5.74, 6) is -4.39. The van der Waals surface area contributed by atoms with E-state index in [2.05, 4.69) is 9.88 Å². The number of rotatable bonds is 11. The third-order valence-electron chi connectivity index (χ3n) is 7.74. The molecule has 4 rings (SSSR count). The van der Waals surface area contributed by atoms with Crippen LogP contribution in [0.2, 0.25) is 0 Å². The van der Waals surface area contributed by atoms with Crippen molar-refractivity contribution in [3.05, 3.63) is 70.9 Å². The number of ether oxygens (including phenoxy) is 1. The van der Waals surface area contributed by atoms with Crippen LogP contribution in [-0.4, -0.2) is 47.7 Å². The van der Waals surface area contributed by atoms with Gasteiger partial charge in [0, 0.05) is 17.0 Å². The minimum absolute atomic E-state index is 0.0211. The number of pyridine rings is 1. The van der Waals surface area contributed by atoms with Crippen LogP contribution in [0.5, 0.6) is 5.75 Å². The standard InChI is InChI=1S/C29H31F5N2O3/c1-39-20-4-5-25-21(15-20)27(24(33)17-35-25)22(31)6-7-29(16-26(37)38)8-11-36(12-9-29)10-2-3-18-13-19(30)14-23(32)28(18)34/h4-5,13-15,17,22H,2-3,6-12,16H2,1H3,(H,37,38)/t22-/m0/s1. The van der Waals surface area contributed by atoms with Crippen LogP contribution in [0, 0.1) is 28.7 Å². The number of fused-ring (bicyclic) bond motifs is 1. The number of piperidine rings is 1. The minimum Gasteiger partial charge on any atom is -0.497 e. The number of carboxylic acid groups (broad SMARTS) is 1. The monoisotopic (exact) mass is 550 g/mol. The molecule has 1 atom stereocenters. The highest BCUT2D eigenvalue weighted by molar-refractivity contribution is 5.84. The van der Waals surface area contributed by atoms with Gasteiger partial charge >= 0.3 is 5.97 Å². The molecular formula is C29H31F5N2O3. The van der Waals surface area contributed by atoms with E-state index in [0.29, 0.717) is 61.6 Å². The van der Waals surface area contributed by atoms with Gasteiger partial charge in [-0.15, -0.1) is 0 Å². The molecule has 0 unspecified atom stereocenters. The summed E-state index contributed by atoms with van der Waals surface area (Å²) in [6.07, 6.45) is 1.05. The topological polar surface area (TPSA) is 62.7 Å². The summed E-state index contributed by atoms with van der Waals surface area (Å²) in [5.41, 5.74) is -0.346. The molecule has 0 amide bonds. The molecule has 1 aliphatic heterocycles. The van der Waals surface area contributed by atoms with Gasteiger partial charge in [0.25, 0.3) is 0 Å². The van der Waals surface area contributed by atoms with E-state index in [4.69, 9.17) is 4.74 Å². The number of likely N-dealkylation sites (tertiary alicyclic amines) is 1. The van der Waals surface area contributed by atoms with Gasteiger partial charge in [0.2, 0.25) is 0 Å². The first-order valence-electron chi connectivity index (χ1n) is 12.9. The minimum atomic E-state index is -1.66. The summed E-state index contributed by atoms with van der Waals surface area (Å²) in [6, 6.07) is 6.33. The zero-order chi connectivity index (χ0) is 28.2. The molecule has 210 valence electrons. The van der Waals surface area contributed by atoms with Crippen LogP contribution in [-0.2, 0) is 11.2 Å². The van der Waals surface area contributed by atoms with E-state index in [9.17, 15) is 27.5 Å². The Morgan fingerprint density at radius 1 is 1.13 bits per heavy atom. The summed E-state index contributed by atoms with van der Waals surface area (Å²) >= 11 is 0. The lowest BCUT2D eigenvalue weighted by Gasteiger charge is -2.41. The predicted octanol–water partition coefficient (Wildman–Crippen LogP) is 6.78. The van der Waals surface area contributed by atoms with Crippen molar-refractivity contribution in [1.29, 1.82) is 0 Å². The molecule has 1 fully saturated rings. The predicted molar refractivity (Wildman–Crippen MR) is 136 cm³/mol. The quantitative estimate of drug-likeness (QED) is 0.211. The van der Waals surface area contributed by atoms with Gasteiger partial charge in [-0.3, -0.25) is 9.78 Å². The van der Waals surface area contributed by atoms with Crippen LogP contribution in [0.3, 0.4) is 0 Å². The van der Waals surface area contributed by atoms with E-state index in [1.54, 1.807) is 18.2 Å². The van der Waals surface area contributed by atoms with E-state index in [-0.39, 0.29) is 36.8 Å². The lowest BCUT2D eigenvalue weighted by molar-refractivity contribution is -0.141. The molecule has 0 saturated carbocycles. The second-order valence-electron chi connectivity index (χ2n) is 10.3. The molecule has 0 radical (unpaired) electrons. The fraction of sp³-hybridized carbons (Fsp3) is 0.448. The number of hydrogen-bond acceptors (Lipinski definition) is 4. The number of benzene rings is 2. The first-order valence-corrected chi connectivity index (χ1v) is 12.9. The summed E-state index contributed by atoms with van der Waals surface area (Å²) in [4.78, 5) is 17.8. The maximum Gasteiger partial charge on any atom is 0.303 e. The Morgan fingerprint density at radius 3 is 2.56 bits per heavy atom. The van der Waals surface area contributed by atoms with Crippen molar-refractivity contribution in [2.45, 2.75) is 51.1 Å². The Bertz CT molecular complexity index is 1330. The Hall–Kier alpha value is -3.27. The molecule has 2 heterocycles. The number of aliphatic carboxylic acids is 1. The molecule has 0 aliphatic carbocycles. The maximum absolute atomic E-state index is 15.6. The Morgan fingerprint density at radius 2 is 1.87 bits per heavy atom. The highest BCUT2D eigenvalue weighted by Crippen LogP contribution is 2.43. The highest BCUT2D eigenvalue weighted by Gasteiger charge is 2.37. The Labute approximate surface area is 223 Å². The highest BCUT2D eigenvalue weighted by atomic mass is 19.2. The molecule has 1 aliphatic rings. The lowest BCUT2D eigenvalue weighted by atomic mass is 9.71. The Balaban J connectivity index is 1.39. The van der Waals surface area contributed by atoms with Crippen molar-refractivity contribution < 1.29 is 36.6 Å². The normalized spacial score (nSPS) is 16.4. The number of aryl methyl sites for hydroxylation is 1. The smallest absolute Gasteiger partial charge is 0.303 e. The van der Waals surface area contributed by atoms with Crippen LogP contribution in [0.4, 0.5) is 22.0 Å². The molecular weight excluding hydrogens is 519 g/mol. The second kappa shape index (κ2) is 12.3. The molecule has 10 heteroatoms. The van der Waals surface area contributed by atoms with Crippen molar-refractivity contribution in [1.82, 2.24) is 9.88 Å². The Kier molecular flexibility index (Phi) is 9.04. The molecule has 1 aromatic heterocycles. The third kappa shape index (κ3) is 6.84. The third-order valence-corrected chi connectivity index (χ3v) is 7.74. The van der Waals surface area contributed by atoms with Crippen molar-refractivity contribution in [3.63, 3.8) is 0 Å². The summed E-state index contributed by atoms with van der Waals surface area (Å²) < 4.78 is 76.3. The molecule has 5 nitrogen and oxygen atoms in total. The number of methoxy groups -OCH3 is 1. The molecule has 1 saturated heterocycles. The summed E-state index contributed by atoms with van der Waals surface area (Å²) in [7, 11) is 1.46. The van der Waals surface area contributed by atoms with Gasteiger partial charge < -0.3 is 14.7 Å². The molecule has 39 heavy (non-hydrogen) atoms. The van der Waals surface area contributed by atoms with Gasteiger partial charge in [-0.05, 0) is 93.4 Å². The van der Waals surface area contributed by atoms with Crippen LogP contribution in [0.15, 0.2) is 36.5 Å². The van der Waals surface area contributed by atoms with Crippen LogP contribution in [0.1, 0.15) is 55.8 Å². The fourth-order valence-corrected chi connectivity index (χ4v) is 5.56. The van der Waals surface area contributed by atoms with E-state index in [1.807, 2.05) is 0 Å². The molecule has 2 aromatic carbocycles. The van der Waals surface area contributed by atoms with Gasteiger partial charge in [-0.2, -0.15) is 0 Å².